The number of carbonyl (C=O) groups is 1. The molecule has 2 rings (SSSR count). The highest BCUT2D eigenvalue weighted by atomic mass is 16.1. The molecule has 0 saturated heterocycles. The van der Waals surface area contributed by atoms with Crippen LogP contribution in [0.1, 0.15) is 41.3 Å². The van der Waals surface area contributed by atoms with Crippen molar-refractivity contribution in [2.24, 2.45) is 0 Å². The lowest BCUT2D eigenvalue weighted by Gasteiger charge is -2.16. The molecule has 110 valence electrons. The van der Waals surface area contributed by atoms with E-state index in [0.29, 0.717) is 17.3 Å². The van der Waals surface area contributed by atoms with E-state index in [1.807, 2.05) is 19.1 Å². The van der Waals surface area contributed by atoms with Gasteiger partial charge in [-0.05, 0) is 36.1 Å². The lowest BCUT2D eigenvalue weighted by atomic mass is 9.98. The van der Waals surface area contributed by atoms with Crippen LogP contribution < -0.4 is 10.6 Å². The number of carbonyl (C=O) groups excluding carboxylic acids is 1. The van der Waals surface area contributed by atoms with E-state index in [1.54, 1.807) is 25.4 Å². The van der Waals surface area contributed by atoms with E-state index in [4.69, 9.17) is 0 Å². The first kappa shape index (κ1) is 15.0. The van der Waals surface area contributed by atoms with Crippen LogP contribution >= 0.6 is 0 Å². The second kappa shape index (κ2) is 6.39. The van der Waals surface area contributed by atoms with Gasteiger partial charge in [-0.15, -0.1) is 0 Å². The molecule has 0 aliphatic heterocycles. The van der Waals surface area contributed by atoms with E-state index in [2.05, 4.69) is 35.5 Å². The van der Waals surface area contributed by atoms with Crippen molar-refractivity contribution in [1.82, 2.24) is 4.98 Å². The predicted molar refractivity (Wildman–Crippen MR) is 87.0 cm³/mol. The molecule has 0 atom stereocenters. The number of aromatic nitrogens is 1. The van der Waals surface area contributed by atoms with Crippen LogP contribution in [0.4, 0.5) is 11.5 Å². The molecule has 0 saturated carbocycles. The van der Waals surface area contributed by atoms with Crippen LogP contribution in [0, 0.1) is 6.92 Å². The number of hydrogen-bond donors (Lipinski definition) is 2. The molecule has 1 aromatic heterocycles. The smallest absolute Gasteiger partial charge is 0.255 e. The van der Waals surface area contributed by atoms with Gasteiger partial charge < -0.3 is 10.6 Å². The minimum atomic E-state index is -0.120. The van der Waals surface area contributed by atoms with Crippen LogP contribution in [0.25, 0.3) is 0 Å². The predicted octanol–water partition coefficient (Wildman–Crippen LogP) is 3.81. The molecule has 4 heteroatoms. The van der Waals surface area contributed by atoms with E-state index in [-0.39, 0.29) is 5.91 Å². The standard InChI is InChI=1S/C17H21N3O/c1-11(2)14-7-5-6-12(3)16(14)20-17(21)13-8-9-19-15(10-13)18-4/h5-11H,1-4H3,(H,18,19)(H,20,21). The molecule has 2 N–H and O–H groups in total. The van der Waals surface area contributed by atoms with E-state index >= 15 is 0 Å². The first-order valence-electron chi connectivity index (χ1n) is 7.07. The highest BCUT2D eigenvalue weighted by Gasteiger charge is 2.13. The van der Waals surface area contributed by atoms with Crippen molar-refractivity contribution >= 4 is 17.4 Å². The summed E-state index contributed by atoms with van der Waals surface area (Å²) in [5, 5.41) is 5.97. The van der Waals surface area contributed by atoms with Crippen molar-refractivity contribution in [3.05, 3.63) is 53.2 Å². The maximum atomic E-state index is 12.4. The van der Waals surface area contributed by atoms with Crippen LogP contribution in [0.15, 0.2) is 36.5 Å². The monoisotopic (exact) mass is 283 g/mol. The molecule has 0 unspecified atom stereocenters. The van der Waals surface area contributed by atoms with Gasteiger partial charge in [0.15, 0.2) is 0 Å². The van der Waals surface area contributed by atoms with Crippen LogP contribution in [-0.4, -0.2) is 17.9 Å². The van der Waals surface area contributed by atoms with Gasteiger partial charge >= 0.3 is 0 Å². The number of nitrogens with one attached hydrogen (secondary N) is 2. The van der Waals surface area contributed by atoms with E-state index < -0.39 is 0 Å². The zero-order chi connectivity index (χ0) is 15.4. The van der Waals surface area contributed by atoms with E-state index in [1.165, 1.54) is 0 Å². The Bertz CT molecular complexity index is 650. The quantitative estimate of drug-likeness (QED) is 0.897. The number of aryl methyl sites for hydroxylation is 1. The highest BCUT2D eigenvalue weighted by molar-refractivity contribution is 6.05. The van der Waals surface area contributed by atoms with Crippen molar-refractivity contribution in [2.45, 2.75) is 26.7 Å². The fourth-order valence-corrected chi connectivity index (χ4v) is 2.24. The Morgan fingerprint density at radius 1 is 1.24 bits per heavy atom. The third kappa shape index (κ3) is 3.40. The fourth-order valence-electron chi connectivity index (χ4n) is 2.24. The van der Waals surface area contributed by atoms with Crippen molar-refractivity contribution in [3.8, 4) is 0 Å². The summed E-state index contributed by atoms with van der Waals surface area (Å²) in [5.74, 6) is 0.909. The van der Waals surface area contributed by atoms with Gasteiger partial charge in [-0.25, -0.2) is 4.98 Å². The molecule has 0 fully saturated rings. The Hall–Kier alpha value is -2.36. The molecule has 21 heavy (non-hydrogen) atoms. The molecule has 0 aliphatic carbocycles. The number of benzene rings is 1. The molecule has 2 aromatic rings. The number of hydrogen-bond acceptors (Lipinski definition) is 3. The first-order chi connectivity index (χ1) is 10.0. The molecule has 0 radical (unpaired) electrons. The van der Waals surface area contributed by atoms with Gasteiger partial charge in [0.05, 0.1) is 0 Å². The maximum Gasteiger partial charge on any atom is 0.255 e. The average Bonchev–Trinajstić information content (AvgIpc) is 2.49. The molecular weight excluding hydrogens is 262 g/mol. The lowest BCUT2D eigenvalue weighted by Crippen LogP contribution is -2.15. The van der Waals surface area contributed by atoms with Gasteiger partial charge in [0.1, 0.15) is 5.82 Å². The summed E-state index contributed by atoms with van der Waals surface area (Å²) in [5.41, 5.74) is 3.70. The average molecular weight is 283 g/mol. The molecule has 0 aliphatic rings. The summed E-state index contributed by atoms with van der Waals surface area (Å²) in [7, 11) is 1.78. The van der Waals surface area contributed by atoms with Gasteiger partial charge in [-0.1, -0.05) is 32.0 Å². The lowest BCUT2D eigenvalue weighted by molar-refractivity contribution is 0.102. The molecule has 1 aromatic carbocycles. The second-order valence-corrected chi connectivity index (χ2v) is 5.33. The van der Waals surface area contributed by atoms with Crippen molar-refractivity contribution < 1.29 is 4.79 Å². The first-order valence-corrected chi connectivity index (χ1v) is 7.07. The molecule has 4 nitrogen and oxygen atoms in total. The normalized spacial score (nSPS) is 10.5. The third-order valence-electron chi connectivity index (χ3n) is 3.44. The Balaban J connectivity index is 2.31. The van der Waals surface area contributed by atoms with Crippen LogP contribution in [0.5, 0.6) is 0 Å². The topological polar surface area (TPSA) is 54.0 Å². The SMILES string of the molecule is CNc1cc(C(=O)Nc2c(C)cccc2C(C)C)ccn1. The van der Waals surface area contributed by atoms with Gasteiger partial charge in [-0.2, -0.15) is 0 Å². The number of pyridine rings is 1. The summed E-state index contributed by atoms with van der Waals surface area (Å²) < 4.78 is 0. The van der Waals surface area contributed by atoms with Gasteiger partial charge in [0.25, 0.3) is 5.91 Å². The largest absolute Gasteiger partial charge is 0.373 e. The van der Waals surface area contributed by atoms with Gasteiger partial charge in [0, 0.05) is 24.5 Å². The molecule has 1 heterocycles. The van der Waals surface area contributed by atoms with E-state index in [0.717, 1.165) is 16.8 Å². The highest BCUT2D eigenvalue weighted by Crippen LogP contribution is 2.27. The minimum absolute atomic E-state index is 0.120. The summed E-state index contributed by atoms with van der Waals surface area (Å²) in [6.07, 6.45) is 1.63. The minimum Gasteiger partial charge on any atom is -0.373 e. The third-order valence-corrected chi connectivity index (χ3v) is 3.44. The van der Waals surface area contributed by atoms with Crippen LogP contribution in [0.2, 0.25) is 0 Å². The number of nitrogens with zero attached hydrogens (tertiary/aromatic N) is 1. The molecular formula is C17H21N3O. The Morgan fingerprint density at radius 3 is 2.67 bits per heavy atom. The number of para-hydroxylation sites is 1. The van der Waals surface area contributed by atoms with Crippen LogP contribution in [0.3, 0.4) is 0 Å². The Kier molecular flexibility index (Phi) is 4.58. The number of amides is 1. The van der Waals surface area contributed by atoms with Crippen molar-refractivity contribution in [2.75, 3.05) is 17.7 Å². The summed E-state index contributed by atoms with van der Waals surface area (Å²) in [4.78, 5) is 16.6. The summed E-state index contributed by atoms with van der Waals surface area (Å²) in [6.45, 7) is 6.25. The van der Waals surface area contributed by atoms with Gasteiger partial charge in [0.2, 0.25) is 0 Å². The number of anilines is 2. The van der Waals surface area contributed by atoms with E-state index in [9.17, 15) is 4.79 Å². The second-order valence-electron chi connectivity index (χ2n) is 5.33. The van der Waals surface area contributed by atoms with Crippen LogP contribution in [-0.2, 0) is 0 Å². The molecule has 0 bridgehead atoms. The van der Waals surface area contributed by atoms with Gasteiger partial charge in [-0.3, -0.25) is 4.79 Å². The fraction of sp³-hybridized carbons (Fsp3) is 0.294. The van der Waals surface area contributed by atoms with Crippen molar-refractivity contribution in [1.29, 1.82) is 0 Å². The zero-order valence-electron chi connectivity index (χ0n) is 12.9. The summed E-state index contributed by atoms with van der Waals surface area (Å²) >= 11 is 0. The number of rotatable bonds is 4. The van der Waals surface area contributed by atoms with Crippen molar-refractivity contribution in [3.63, 3.8) is 0 Å². The molecule has 0 spiro atoms. The summed E-state index contributed by atoms with van der Waals surface area (Å²) in [6, 6.07) is 9.53. The zero-order valence-corrected chi connectivity index (χ0v) is 12.9. The molecule has 1 amide bonds. The maximum absolute atomic E-state index is 12.4. The Labute approximate surface area is 125 Å². The Morgan fingerprint density at radius 2 is 2.00 bits per heavy atom.